The lowest BCUT2D eigenvalue weighted by molar-refractivity contribution is 0.0829. The van der Waals surface area contributed by atoms with Crippen molar-refractivity contribution in [1.29, 1.82) is 0 Å². The molecule has 0 saturated carbocycles. The van der Waals surface area contributed by atoms with Crippen molar-refractivity contribution in [2.45, 2.75) is 0 Å². The van der Waals surface area contributed by atoms with Crippen LogP contribution in [0.2, 0.25) is 0 Å². The van der Waals surface area contributed by atoms with E-state index in [1.165, 1.54) is 11.1 Å². The first kappa shape index (κ1) is 22.7. The second kappa shape index (κ2) is 8.58. The third kappa shape index (κ3) is 3.61. The fourth-order valence-electron chi connectivity index (χ4n) is 4.36. The highest BCUT2D eigenvalue weighted by molar-refractivity contribution is 6.17. The molecule has 6 aromatic rings. The van der Waals surface area contributed by atoms with Gasteiger partial charge in [0.25, 0.3) is 22.9 Å². The van der Waals surface area contributed by atoms with Gasteiger partial charge in [-0.1, -0.05) is 36.4 Å². The van der Waals surface area contributed by atoms with E-state index < -0.39 is 5.91 Å². The van der Waals surface area contributed by atoms with Crippen molar-refractivity contribution in [1.82, 2.24) is 24.8 Å². The van der Waals surface area contributed by atoms with Gasteiger partial charge in [-0.15, -0.1) is 0 Å². The number of aromatic nitrogens is 4. The maximum Gasteiger partial charge on any atom is 0.272 e. The van der Waals surface area contributed by atoms with E-state index in [2.05, 4.69) is 19.9 Å². The number of nitrogens with zero attached hydrogens (tertiary/aromatic N) is 1. The Morgan fingerprint density at radius 3 is 1.64 bits per heavy atom. The van der Waals surface area contributed by atoms with E-state index in [-0.39, 0.29) is 17.0 Å². The number of nitrogens with two attached hydrogens (primary N) is 1. The molecule has 10 heteroatoms. The first-order chi connectivity index (χ1) is 17.3. The Morgan fingerprint density at radius 1 is 0.722 bits per heavy atom. The van der Waals surface area contributed by atoms with Crippen LogP contribution in [0.15, 0.2) is 70.5 Å². The highest BCUT2D eigenvalue weighted by Crippen LogP contribution is 2.25. The number of pyridine rings is 2. The van der Waals surface area contributed by atoms with E-state index in [1.54, 1.807) is 26.4 Å². The number of carbonyl (C=O) groups excluding carboxylic acids is 2. The highest BCUT2D eigenvalue weighted by Gasteiger charge is 2.18. The maximum atomic E-state index is 12.2. The lowest BCUT2D eigenvalue weighted by Gasteiger charge is -2.09. The molecule has 6 rings (SSSR count). The predicted molar refractivity (Wildman–Crippen MR) is 139 cm³/mol. The van der Waals surface area contributed by atoms with Crippen molar-refractivity contribution in [3.05, 3.63) is 92.8 Å². The molecule has 0 spiro atoms. The molecule has 0 fully saturated rings. The minimum absolute atomic E-state index is 0.123. The van der Waals surface area contributed by atoms with Crippen LogP contribution in [0, 0.1) is 0 Å². The number of aromatic amines is 4. The largest absolute Gasteiger partial charge is 0.366 e. The Balaban J connectivity index is 0.000000149. The maximum absolute atomic E-state index is 12.2. The molecule has 0 unspecified atom stereocenters. The average molecular weight is 483 g/mol. The summed E-state index contributed by atoms with van der Waals surface area (Å²) in [5, 5.41) is 2.93. The van der Waals surface area contributed by atoms with Gasteiger partial charge in [0.15, 0.2) is 0 Å². The van der Waals surface area contributed by atoms with E-state index in [9.17, 15) is 19.2 Å². The normalized spacial score (nSPS) is 11.1. The minimum Gasteiger partial charge on any atom is -0.366 e. The number of hydrogen-bond acceptors (Lipinski definition) is 4. The molecule has 0 aliphatic heterocycles. The van der Waals surface area contributed by atoms with Gasteiger partial charge in [0, 0.05) is 59.1 Å². The second-order valence-electron chi connectivity index (χ2n) is 8.47. The summed E-state index contributed by atoms with van der Waals surface area (Å²) in [6.45, 7) is 0. The third-order valence-electron chi connectivity index (χ3n) is 6.01. The summed E-state index contributed by atoms with van der Waals surface area (Å²) in [5.74, 6) is -0.672. The summed E-state index contributed by atoms with van der Waals surface area (Å²) in [4.78, 5) is 60.0. The number of carbonyl (C=O) groups is 2. The number of hydrogen-bond donors (Lipinski definition) is 5. The van der Waals surface area contributed by atoms with Gasteiger partial charge >= 0.3 is 0 Å². The van der Waals surface area contributed by atoms with Gasteiger partial charge < -0.3 is 30.6 Å². The molecule has 0 aliphatic carbocycles. The molecule has 0 atom stereocenters. The fourth-order valence-corrected chi connectivity index (χ4v) is 4.36. The Labute approximate surface area is 202 Å². The summed E-state index contributed by atoms with van der Waals surface area (Å²) >= 11 is 0. The summed E-state index contributed by atoms with van der Waals surface area (Å²) in [6.07, 6.45) is 3.06. The van der Waals surface area contributed by atoms with Gasteiger partial charge in [-0.2, -0.15) is 0 Å². The van der Waals surface area contributed by atoms with Crippen LogP contribution < -0.4 is 16.9 Å². The molecule has 4 heterocycles. The zero-order valence-corrected chi connectivity index (χ0v) is 19.4. The summed E-state index contributed by atoms with van der Waals surface area (Å²) < 4.78 is 0. The standard InChI is InChI=1S/C14H13N3O2.C12H9N3O2/c1-17(2)14(19)9-7-15-12-11(9)8-5-3-4-6-10(8)16-13(12)18;13-11(16)7-5-14-10-9(7)6-3-1-2-4-8(6)15-12(10)17/h3-7,15H,1-2H3,(H,16,18);1-5,14H,(H2,13,16)(H,15,17). The first-order valence-electron chi connectivity index (χ1n) is 11.0. The Bertz CT molecular complexity index is 1920. The molecule has 0 bridgehead atoms. The van der Waals surface area contributed by atoms with E-state index in [0.29, 0.717) is 38.4 Å². The van der Waals surface area contributed by atoms with Crippen molar-refractivity contribution in [3.8, 4) is 0 Å². The number of para-hydroxylation sites is 2. The zero-order chi connectivity index (χ0) is 25.6. The number of primary amides is 1. The molecule has 0 radical (unpaired) electrons. The lowest BCUT2D eigenvalue weighted by atomic mass is 10.1. The zero-order valence-electron chi connectivity index (χ0n) is 19.4. The first-order valence-corrected chi connectivity index (χ1v) is 11.0. The molecule has 36 heavy (non-hydrogen) atoms. The predicted octanol–water partition coefficient (Wildman–Crippen LogP) is 2.82. The quantitative estimate of drug-likeness (QED) is 0.257. The summed E-state index contributed by atoms with van der Waals surface area (Å²) in [7, 11) is 3.38. The molecule has 2 amide bonds. The molecular formula is C26H22N6O4. The molecule has 0 aliphatic rings. The monoisotopic (exact) mass is 482 g/mol. The molecular weight excluding hydrogens is 460 g/mol. The highest BCUT2D eigenvalue weighted by atomic mass is 16.2. The molecule has 6 N–H and O–H groups in total. The Hall–Kier alpha value is -5.12. The average Bonchev–Trinajstić information content (AvgIpc) is 3.51. The smallest absolute Gasteiger partial charge is 0.272 e. The molecule has 4 aromatic heterocycles. The number of H-pyrrole nitrogens is 4. The fraction of sp³-hybridized carbons (Fsp3) is 0.0769. The van der Waals surface area contributed by atoms with Crippen LogP contribution in [0.3, 0.4) is 0 Å². The molecule has 2 aromatic carbocycles. The number of amides is 2. The summed E-state index contributed by atoms with van der Waals surface area (Å²) in [6, 6.07) is 14.8. The van der Waals surface area contributed by atoms with E-state index in [1.807, 2.05) is 42.5 Å². The number of nitrogens with one attached hydrogen (secondary N) is 4. The van der Waals surface area contributed by atoms with Crippen molar-refractivity contribution < 1.29 is 9.59 Å². The van der Waals surface area contributed by atoms with Gasteiger partial charge in [-0.05, 0) is 12.1 Å². The number of fused-ring (bicyclic) bond motifs is 6. The van der Waals surface area contributed by atoms with Gasteiger partial charge in [0.05, 0.1) is 11.1 Å². The van der Waals surface area contributed by atoms with Crippen molar-refractivity contribution in [2.75, 3.05) is 14.1 Å². The van der Waals surface area contributed by atoms with Crippen LogP contribution in [-0.2, 0) is 0 Å². The van der Waals surface area contributed by atoms with Crippen LogP contribution in [0.5, 0.6) is 0 Å². The van der Waals surface area contributed by atoms with Crippen LogP contribution >= 0.6 is 0 Å². The molecule has 10 nitrogen and oxygen atoms in total. The van der Waals surface area contributed by atoms with Crippen LogP contribution in [0.4, 0.5) is 0 Å². The van der Waals surface area contributed by atoms with Crippen LogP contribution in [0.1, 0.15) is 20.7 Å². The van der Waals surface area contributed by atoms with Crippen LogP contribution in [-0.4, -0.2) is 50.7 Å². The van der Waals surface area contributed by atoms with E-state index >= 15 is 0 Å². The topological polar surface area (TPSA) is 161 Å². The minimum atomic E-state index is -0.549. The van der Waals surface area contributed by atoms with Gasteiger partial charge in [-0.3, -0.25) is 19.2 Å². The molecule has 180 valence electrons. The number of rotatable bonds is 2. The number of benzene rings is 2. The van der Waals surface area contributed by atoms with E-state index in [0.717, 1.165) is 16.3 Å². The second-order valence-corrected chi connectivity index (χ2v) is 8.47. The van der Waals surface area contributed by atoms with Gasteiger partial charge in [0.2, 0.25) is 0 Å². The SMILES string of the molecule is CN(C)C(=O)c1c[nH]c2c(=O)[nH]c3ccccc3c12.NC(=O)c1c[nH]c2c(=O)[nH]c3ccccc3c12. The van der Waals surface area contributed by atoms with Crippen molar-refractivity contribution in [2.24, 2.45) is 5.73 Å². The van der Waals surface area contributed by atoms with Crippen molar-refractivity contribution in [3.63, 3.8) is 0 Å². The third-order valence-corrected chi connectivity index (χ3v) is 6.01. The van der Waals surface area contributed by atoms with Crippen molar-refractivity contribution >= 4 is 55.4 Å². The van der Waals surface area contributed by atoms with E-state index in [4.69, 9.17) is 5.73 Å². The Kier molecular flexibility index (Phi) is 5.40. The van der Waals surface area contributed by atoms with Gasteiger partial charge in [-0.25, -0.2) is 0 Å². The lowest BCUT2D eigenvalue weighted by Crippen LogP contribution is -2.21. The molecule has 0 saturated heterocycles. The Morgan fingerprint density at radius 2 is 1.17 bits per heavy atom. The van der Waals surface area contributed by atoms with Gasteiger partial charge in [0.1, 0.15) is 11.0 Å². The van der Waals surface area contributed by atoms with Crippen LogP contribution in [0.25, 0.3) is 43.6 Å². The summed E-state index contributed by atoms with van der Waals surface area (Å²) in [5.41, 5.74) is 7.89.